The van der Waals surface area contributed by atoms with Gasteiger partial charge in [-0.2, -0.15) is 0 Å². The van der Waals surface area contributed by atoms with Gasteiger partial charge in [0.25, 0.3) is 0 Å². The molecule has 0 aliphatic heterocycles. The molecule has 0 aliphatic rings. The normalized spacial score (nSPS) is 11.4. The van der Waals surface area contributed by atoms with Crippen LogP contribution in [0.25, 0.3) is 0 Å². The third-order valence-corrected chi connectivity index (χ3v) is 1.60. The molecular formula is C17H28. The van der Waals surface area contributed by atoms with Crippen molar-refractivity contribution < 1.29 is 0 Å². The lowest BCUT2D eigenvalue weighted by Crippen LogP contribution is -1.66. The Morgan fingerprint density at radius 3 is 1.82 bits per heavy atom. The minimum absolute atomic E-state index is 1.28. The van der Waals surface area contributed by atoms with Gasteiger partial charge in [-0.25, -0.2) is 0 Å². The molecule has 0 spiro atoms. The van der Waals surface area contributed by atoms with Crippen LogP contribution in [0.4, 0.5) is 0 Å². The number of rotatable bonds is 3. The molecule has 0 bridgehead atoms. The summed E-state index contributed by atoms with van der Waals surface area (Å²) in [4.78, 5) is 0. The van der Waals surface area contributed by atoms with Crippen LogP contribution in [0.1, 0.15) is 48.5 Å². The van der Waals surface area contributed by atoms with Gasteiger partial charge in [0.05, 0.1) is 0 Å². The first-order valence-corrected chi connectivity index (χ1v) is 6.10. The molecule has 0 heterocycles. The van der Waals surface area contributed by atoms with Gasteiger partial charge in [-0.3, -0.25) is 0 Å². The Kier molecular flexibility index (Phi) is 24.6. The molecule has 0 saturated heterocycles. The molecule has 0 atom stereocenters. The third kappa shape index (κ3) is 25.1. The molecule has 0 aromatic heterocycles. The first-order chi connectivity index (χ1) is 8.12. The molecule has 0 aromatic carbocycles. The maximum absolute atomic E-state index is 4.60. The first kappa shape index (κ1) is 20.9. The molecule has 0 nitrogen and oxygen atoms in total. The average molecular weight is 232 g/mol. The van der Waals surface area contributed by atoms with E-state index in [0.29, 0.717) is 0 Å². The van der Waals surface area contributed by atoms with Gasteiger partial charge >= 0.3 is 0 Å². The highest BCUT2D eigenvalue weighted by atomic mass is 13.8. The van der Waals surface area contributed by atoms with Crippen molar-refractivity contribution in [2.45, 2.75) is 48.5 Å². The van der Waals surface area contributed by atoms with Crippen molar-refractivity contribution >= 4 is 0 Å². The first-order valence-electron chi connectivity index (χ1n) is 6.10. The maximum Gasteiger partial charge on any atom is -0.00297 e. The second-order valence-electron chi connectivity index (χ2n) is 3.09. The minimum Gasteiger partial charge on any atom is -0.120 e. The van der Waals surface area contributed by atoms with Crippen molar-refractivity contribution in [3.63, 3.8) is 0 Å². The Morgan fingerprint density at radius 2 is 1.47 bits per heavy atom. The molecule has 0 heteroatoms. The Hall–Kier alpha value is -1.48. The van der Waals surface area contributed by atoms with E-state index in [-0.39, 0.29) is 0 Å². The summed E-state index contributed by atoms with van der Waals surface area (Å²) in [5.41, 5.74) is 2.57. The predicted molar refractivity (Wildman–Crippen MR) is 83.0 cm³/mol. The number of hydrogen-bond acceptors (Lipinski definition) is 0. The summed E-state index contributed by atoms with van der Waals surface area (Å²) in [5.74, 6) is 2.25. The summed E-state index contributed by atoms with van der Waals surface area (Å²) in [6.07, 6.45) is 17.1. The largest absolute Gasteiger partial charge is 0.120 e. The van der Waals surface area contributed by atoms with Crippen LogP contribution in [-0.2, 0) is 0 Å². The second-order valence-corrected chi connectivity index (χ2v) is 3.09. The summed E-state index contributed by atoms with van der Waals surface area (Å²) in [7, 11) is 0. The predicted octanol–water partition coefficient (Wildman–Crippen LogP) is 5.70. The third-order valence-electron chi connectivity index (χ3n) is 1.60. The fraction of sp³-hybridized carbons (Fsp3) is 0.412. The molecule has 0 rings (SSSR count). The highest BCUT2D eigenvalue weighted by Crippen LogP contribution is 1.98. The molecule has 0 N–H and O–H groups in total. The van der Waals surface area contributed by atoms with Crippen LogP contribution in [0, 0.1) is 12.3 Å². The standard InChI is InChI=1S/C12H18.C3H4.C2H6/c1-5-8-12(4)10-7-9-11(3)6-2;1-3-2;1-2/h5-10H,1-4H3;1H,2H3;1-2H3/b8-5+,9-7-,11-6+,12-10-;;. The van der Waals surface area contributed by atoms with Crippen molar-refractivity contribution in [2.24, 2.45) is 0 Å². The van der Waals surface area contributed by atoms with E-state index in [2.05, 4.69) is 56.6 Å². The Labute approximate surface area is 109 Å². The van der Waals surface area contributed by atoms with E-state index >= 15 is 0 Å². The molecule has 0 radical (unpaired) electrons. The van der Waals surface area contributed by atoms with Gasteiger partial charge in [0.1, 0.15) is 0 Å². The molecule has 0 aliphatic carbocycles. The van der Waals surface area contributed by atoms with Crippen molar-refractivity contribution in [1.29, 1.82) is 0 Å². The van der Waals surface area contributed by atoms with Gasteiger partial charge in [0.15, 0.2) is 0 Å². The van der Waals surface area contributed by atoms with Crippen LogP contribution in [0.15, 0.2) is 47.6 Å². The number of allylic oxidation sites excluding steroid dienone is 8. The minimum atomic E-state index is 1.28. The Morgan fingerprint density at radius 1 is 1.00 bits per heavy atom. The van der Waals surface area contributed by atoms with Crippen molar-refractivity contribution in [3.8, 4) is 12.3 Å². The van der Waals surface area contributed by atoms with Gasteiger partial charge in [-0.05, 0) is 34.6 Å². The fourth-order valence-corrected chi connectivity index (χ4v) is 0.766. The Bertz CT molecular complexity index is 290. The van der Waals surface area contributed by atoms with Gasteiger partial charge < -0.3 is 0 Å². The maximum atomic E-state index is 4.60. The van der Waals surface area contributed by atoms with Gasteiger partial charge in [0.2, 0.25) is 0 Å². The van der Waals surface area contributed by atoms with Crippen molar-refractivity contribution in [3.05, 3.63) is 47.6 Å². The lowest BCUT2D eigenvalue weighted by Gasteiger charge is -1.87. The zero-order valence-corrected chi connectivity index (χ0v) is 12.5. The summed E-state index contributed by atoms with van der Waals surface area (Å²) in [6.45, 7) is 13.9. The summed E-state index contributed by atoms with van der Waals surface area (Å²) in [6, 6.07) is 0. The number of hydrogen-bond donors (Lipinski definition) is 0. The monoisotopic (exact) mass is 232 g/mol. The number of terminal acetylenes is 1. The topological polar surface area (TPSA) is 0 Å². The summed E-state index contributed by atoms with van der Waals surface area (Å²) < 4.78 is 0. The van der Waals surface area contributed by atoms with Gasteiger partial charge in [-0.15, -0.1) is 12.3 Å². The molecule has 0 unspecified atom stereocenters. The Balaban J connectivity index is -0.000000337. The summed E-state index contributed by atoms with van der Waals surface area (Å²) in [5, 5.41) is 0. The second kappa shape index (κ2) is 20.0. The molecule has 96 valence electrons. The fourth-order valence-electron chi connectivity index (χ4n) is 0.766. The lowest BCUT2D eigenvalue weighted by atomic mass is 10.2. The average Bonchev–Trinajstić information content (AvgIpc) is 2.33. The highest BCUT2D eigenvalue weighted by Gasteiger charge is 1.77. The lowest BCUT2D eigenvalue weighted by molar-refractivity contribution is 1.46. The molecule has 0 amide bonds. The van der Waals surface area contributed by atoms with Gasteiger partial charge in [0, 0.05) is 0 Å². The summed E-state index contributed by atoms with van der Waals surface area (Å²) >= 11 is 0. The molecule has 0 fully saturated rings. The van der Waals surface area contributed by atoms with Crippen LogP contribution in [0.2, 0.25) is 0 Å². The van der Waals surface area contributed by atoms with Crippen molar-refractivity contribution in [1.82, 2.24) is 0 Å². The van der Waals surface area contributed by atoms with Gasteiger partial charge in [-0.1, -0.05) is 61.4 Å². The van der Waals surface area contributed by atoms with E-state index in [4.69, 9.17) is 0 Å². The van der Waals surface area contributed by atoms with E-state index in [0.717, 1.165) is 0 Å². The van der Waals surface area contributed by atoms with Crippen LogP contribution in [-0.4, -0.2) is 0 Å². The van der Waals surface area contributed by atoms with Crippen LogP contribution >= 0.6 is 0 Å². The van der Waals surface area contributed by atoms with E-state index in [1.165, 1.54) is 11.1 Å². The zero-order chi connectivity index (χ0) is 14.1. The van der Waals surface area contributed by atoms with E-state index in [9.17, 15) is 0 Å². The smallest absolute Gasteiger partial charge is 0.00297 e. The molecular weight excluding hydrogens is 204 g/mol. The van der Waals surface area contributed by atoms with E-state index in [1.54, 1.807) is 6.92 Å². The SMILES string of the molecule is C#CC.C/C=C/C(C)=C\C=C/C(C)=C/C.CC. The van der Waals surface area contributed by atoms with E-state index < -0.39 is 0 Å². The van der Waals surface area contributed by atoms with Crippen LogP contribution < -0.4 is 0 Å². The highest BCUT2D eigenvalue weighted by molar-refractivity contribution is 5.25. The molecule has 0 saturated carbocycles. The molecule has 17 heavy (non-hydrogen) atoms. The van der Waals surface area contributed by atoms with Crippen molar-refractivity contribution in [2.75, 3.05) is 0 Å². The quantitative estimate of drug-likeness (QED) is 0.432. The van der Waals surface area contributed by atoms with E-state index in [1.807, 2.05) is 33.8 Å². The van der Waals surface area contributed by atoms with Crippen LogP contribution in [0.3, 0.4) is 0 Å². The molecule has 0 aromatic rings. The van der Waals surface area contributed by atoms with Crippen LogP contribution in [0.5, 0.6) is 0 Å². The zero-order valence-electron chi connectivity index (χ0n) is 12.5.